The van der Waals surface area contributed by atoms with E-state index in [1.165, 1.54) is 27.8 Å². The molecule has 2 atom stereocenters. The largest absolute Gasteiger partial charge is 0.489 e. The van der Waals surface area contributed by atoms with Crippen molar-refractivity contribution in [1.82, 2.24) is 4.90 Å². The van der Waals surface area contributed by atoms with Crippen molar-refractivity contribution in [3.63, 3.8) is 0 Å². The molecule has 2 unspecified atom stereocenters. The van der Waals surface area contributed by atoms with Crippen LogP contribution in [0.2, 0.25) is 0 Å². The Balaban J connectivity index is 1.18. The van der Waals surface area contributed by atoms with Gasteiger partial charge in [-0.3, -0.25) is 0 Å². The number of likely N-dealkylation sites (tertiary alicyclic amines) is 1. The third-order valence-electron chi connectivity index (χ3n) is 8.09. The number of rotatable bonds is 7. The molecule has 42 heavy (non-hydrogen) atoms. The predicted octanol–water partition coefficient (Wildman–Crippen LogP) is 8.13. The van der Waals surface area contributed by atoms with E-state index in [1.807, 2.05) is 39.0 Å². The lowest BCUT2D eigenvalue weighted by Crippen LogP contribution is -2.57. The van der Waals surface area contributed by atoms with Crippen LogP contribution in [0.15, 0.2) is 103 Å². The van der Waals surface area contributed by atoms with Crippen molar-refractivity contribution in [3.05, 3.63) is 131 Å². The van der Waals surface area contributed by atoms with Crippen LogP contribution in [0.25, 0.3) is 0 Å². The number of ether oxygens (including phenoxy) is 3. The minimum atomic E-state index is -0.495. The van der Waals surface area contributed by atoms with E-state index >= 15 is 0 Å². The minimum absolute atomic E-state index is 0.0230. The highest BCUT2D eigenvalue weighted by atomic mass is 16.6. The fraction of sp³-hybridized carbons (Fsp3) is 0.324. The maximum atomic E-state index is 12.3. The first-order chi connectivity index (χ1) is 20.3. The summed E-state index contributed by atoms with van der Waals surface area (Å²) in [5.74, 6) is 2.36. The van der Waals surface area contributed by atoms with Gasteiger partial charge in [0.25, 0.3) is 0 Å². The SMILES string of the molecule is CC(C)(C)OC(=O)N1CC(Oc2ccc(C3c4ccc(OCc5ccccc5)cc4CCC3c3ccccc3)cc2)C1. The Bertz CT molecular complexity index is 1490. The average molecular weight is 562 g/mol. The van der Waals surface area contributed by atoms with Crippen LogP contribution in [0.5, 0.6) is 11.5 Å². The highest BCUT2D eigenvalue weighted by Gasteiger charge is 2.36. The Morgan fingerprint density at radius 3 is 2.17 bits per heavy atom. The maximum absolute atomic E-state index is 12.3. The van der Waals surface area contributed by atoms with E-state index in [-0.39, 0.29) is 18.1 Å². The van der Waals surface area contributed by atoms with E-state index in [2.05, 4.69) is 84.9 Å². The summed E-state index contributed by atoms with van der Waals surface area (Å²) in [5, 5.41) is 0. The molecule has 1 saturated heterocycles. The van der Waals surface area contributed by atoms with Crippen LogP contribution in [0.1, 0.15) is 66.8 Å². The van der Waals surface area contributed by atoms with Gasteiger partial charge in [0.15, 0.2) is 0 Å². The molecule has 4 aromatic carbocycles. The standard InChI is InChI=1S/C37H39NO4/c1-37(2,3)42-36(39)38-23-32(24-38)41-30-17-14-28(15-18-30)35-33(27-12-8-5-9-13-27)20-16-29-22-31(19-21-34(29)35)40-25-26-10-6-4-7-11-26/h4-15,17-19,21-22,32-33,35H,16,20,23-25H2,1-3H3. The number of benzene rings is 4. The van der Waals surface area contributed by atoms with E-state index in [4.69, 9.17) is 14.2 Å². The molecule has 4 aromatic rings. The van der Waals surface area contributed by atoms with Crippen molar-refractivity contribution in [2.45, 2.75) is 63.8 Å². The Morgan fingerprint density at radius 1 is 0.810 bits per heavy atom. The molecule has 1 heterocycles. The van der Waals surface area contributed by atoms with Crippen LogP contribution in [-0.4, -0.2) is 35.8 Å². The highest BCUT2D eigenvalue weighted by Crippen LogP contribution is 2.47. The number of hydrogen-bond acceptors (Lipinski definition) is 4. The second-order valence-corrected chi connectivity index (χ2v) is 12.4. The van der Waals surface area contributed by atoms with Gasteiger partial charge in [-0.05, 0) is 91.6 Å². The van der Waals surface area contributed by atoms with Crippen molar-refractivity contribution in [2.75, 3.05) is 13.1 Å². The molecule has 2 aliphatic rings. The van der Waals surface area contributed by atoms with E-state index in [9.17, 15) is 4.79 Å². The molecule has 5 heteroatoms. The van der Waals surface area contributed by atoms with Crippen molar-refractivity contribution in [1.29, 1.82) is 0 Å². The zero-order valence-electron chi connectivity index (χ0n) is 24.7. The molecule has 5 nitrogen and oxygen atoms in total. The summed E-state index contributed by atoms with van der Waals surface area (Å²) in [6, 6.07) is 36.3. The fourth-order valence-corrected chi connectivity index (χ4v) is 6.03. The maximum Gasteiger partial charge on any atom is 0.410 e. The smallest absolute Gasteiger partial charge is 0.410 e. The summed E-state index contributed by atoms with van der Waals surface area (Å²) in [5.41, 5.74) is 6.04. The van der Waals surface area contributed by atoms with Crippen LogP contribution in [0, 0.1) is 0 Å². The quantitative estimate of drug-likeness (QED) is 0.229. The number of hydrogen-bond donors (Lipinski definition) is 0. The van der Waals surface area contributed by atoms with Crippen LogP contribution in [0.3, 0.4) is 0 Å². The van der Waals surface area contributed by atoms with Gasteiger partial charge in [-0.2, -0.15) is 0 Å². The van der Waals surface area contributed by atoms with E-state index in [1.54, 1.807) is 4.90 Å². The first-order valence-electron chi connectivity index (χ1n) is 14.9. The number of fused-ring (bicyclic) bond motifs is 1. The second kappa shape index (κ2) is 11.9. The topological polar surface area (TPSA) is 48.0 Å². The minimum Gasteiger partial charge on any atom is -0.489 e. The van der Waals surface area contributed by atoms with Gasteiger partial charge in [0, 0.05) is 5.92 Å². The number of aryl methyl sites for hydroxylation is 1. The van der Waals surface area contributed by atoms with E-state index < -0.39 is 5.60 Å². The number of carbonyl (C=O) groups is 1. The zero-order chi connectivity index (χ0) is 29.1. The van der Waals surface area contributed by atoms with Crippen molar-refractivity contribution < 1.29 is 19.0 Å². The monoisotopic (exact) mass is 561 g/mol. The lowest BCUT2D eigenvalue weighted by atomic mass is 9.69. The lowest BCUT2D eigenvalue weighted by molar-refractivity contribution is -0.0221. The fourth-order valence-electron chi connectivity index (χ4n) is 6.03. The number of amides is 1. The van der Waals surface area contributed by atoms with Crippen LogP contribution < -0.4 is 9.47 Å². The van der Waals surface area contributed by atoms with Gasteiger partial charge in [-0.25, -0.2) is 4.79 Å². The van der Waals surface area contributed by atoms with E-state index in [0.717, 1.165) is 24.3 Å². The Hall–Kier alpha value is -4.25. The molecule has 216 valence electrons. The second-order valence-electron chi connectivity index (χ2n) is 12.4. The molecule has 0 aromatic heterocycles. The van der Waals surface area contributed by atoms with Gasteiger partial charge < -0.3 is 19.1 Å². The molecule has 0 bridgehead atoms. The lowest BCUT2D eigenvalue weighted by Gasteiger charge is -2.39. The van der Waals surface area contributed by atoms with Crippen molar-refractivity contribution in [2.24, 2.45) is 0 Å². The number of carbonyl (C=O) groups excluding carboxylic acids is 1. The Kier molecular flexibility index (Phi) is 7.92. The third-order valence-corrected chi connectivity index (χ3v) is 8.09. The molecule has 1 amide bonds. The molecular weight excluding hydrogens is 522 g/mol. The van der Waals surface area contributed by atoms with E-state index in [0.29, 0.717) is 25.6 Å². The molecule has 1 aliphatic carbocycles. The molecule has 6 rings (SSSR count). The van der Waals surface area contributed by atoms with Crippen LogP contribution in [-0.2, 0) is 17.8 Å². The third kappa shape index (κ3) is 6.46. The summed E-state index contributed by atoms with van der Waals surface area (Å²) < 4.78 is 17.8. The molecule has 1 aliphatic heterocycles. The summed E-state index contributed by atoms with van der Waals surface area (Å²) in [6.45, 7) is 7.28. The highest BCUT2D eigenvalue weighted by molar-refractivity contribution is 5.69. The van der Waals surface area contributed by atoms with Gasteiger partial charge in [0.05, 0.1) is 13.1 Å². The summed E-state index contributed by atoms with van der Waals surface area (Å²) in [7, 11) is 0. The van der Waals surface area contributed by atoms with Gasteiger partial charge in [-0.1, -0.05) is 78.9 Å². The first-order valence-corrected chi connectivity index (χ1v) is 14.9. The molecule has 0 saturated carbocycles. The number of nitrogens with zero attached hydrogens (tertiary/aromatic N) is 1. The normalized spacial score (nSPS) is 18.5. The van der Waals surface area contributed by atoms with Crippen molar-refractivity contribution in [3.8, 4) is 11.5 Å². The van der Waals surface area contributed by atoms with Crippen LogP contribution >= 0.6 is 0 Å². The molecule has 0 N–H and O–H groups in total. The van der Waals surface area contributed by atoms with Crippen molar-refractivity contribution >= 4 is 6.09 Å². The van der Waals surface area contributed by atoms with Gasteiger partial charge in [-0.15, -0.1) is 0 Å². The first kappa shape index (κ1) is 27.9. The average Bonchev–Trinajstić information content (AvgIpc) is 2.97. The van der Waals surface area contributed by atoms with Crippen LogP contribution in [0.4, 0.5) is 4.79 Å². The molecule has 1 fully saturated rings. The Labute approximate surface area is 249 Å². The predicted molar refractivity (Wildman–Crippen MR) is 165 cm³/mol. The summed E-state index contributed by atoms with van der Waals surface area (Å²) in [4.78, 5) is 14.0. The zero-order valence-corrected chi connectivity index (χ0v) is 24.7. The van der Waals surface area contributed by atoms with Gasteiger partial charge in [0.1, 0.15) is 29.8 Å². The molecule has 0 radical (unpaired) electrons. The molecular formula is C37H39NO4. The van der Waals surface area contributed by atoms with Gasteiger partial charge in [0.2, 0.25) is 0 Å². The van der Waals surface area contributed by atoms with Gasteiger partial charge >= 0.3 is 6.09 Å². The Morgan fingerprint density at radius 2 is 1.48 bits per heavy atom. The summed E-state index contributed by atoms with van der Waals surface area (Å²) in [6.07, 6.45) is 1.79. The summed E-state index contributed by atoms with van der Waals surface area (Å²) >= 11 is 0. The molecule has 0 spiro atoms.